The van der Waals surface area contributed by atoms with E-state index in [4.69, 9.17) is 0 Å². The Morgan fingerprint density at radius 3 is 1.64 bits per heavy atom. The molecule has 0 saturated heterocycles. The van der Waals surface area contributed by atoms with Crippen LogP contribution in [-0.2, 0) is 4.79 Å². The Morgan fingerprint density at radius 1 is 0.880 bits per heavy atom. The Bertz CT molecular complexity index is 720. The summed E-state index contributed by atoms with van der Waals surface area (Å²) in [5.41, 5.74) is 1.78. The zero-order chi connectivity index (χ0) is 18.1. The third-order valence-corrected chi connectivity index (χ3v) is 6.55. The maximum atomic E-state index is 11.8. The number of hydrogen-bond acceptors (Lipinski definition) is 2. The molecule has 0 aromatic heterocycles. The van der Waals surface area contributed by atoms with Gasteiger partial charge >= 0.3 is 0 Å². The Balaban J connectivity index is 0.000000150. The van der Waals surface area contributed by atoms with Gasteiger partial charge < -0.3 is 0 Å². The SMILES string of the molecule is CC12CCC(CC1=O)C2(C)C.O=C(c1ccccc1)c1ccccc1. The summed E-state index contributed by atoms with van der Waals surface area (Å²) in [6.45, 7) is 6.67. The number of carbonyl (C=O) groups excluding carboxylic acids is 2. The average Bonchev–Trinajstić information content (AvgIpc) is 2.96. The third-order valence-electron chi connectivity index (χ3n) is 6.55. The van der Waals surface area contributed by atoms with Gasteiger partial charge in [-0.25, -0.2) is 0 Å². The molecule has 2 aliphatic rings. The highest BCUT2D eigenvalue weighted by molar-refractivity contribution is 6.08. The van der Waals surface area contributed by atoms with E-state index in [1.165, 1.54) is 6.42 Å². The van der Waals surface area contributed by atoms with Gasteiger partial charge in [-0.15, -0.1) is 0 Å². The number of ketones is 2. The molecule has 0 amide bonds. The fourth-order valence-electron chi connectivity index (χ4n) is 4.25. The first kappa shape index (κ1) is 17.6. The van der Waals surface area contributed by atoms with E-state index in [2.05, 4.69) is 20.8 Å². The van der Waals surface area contributed by atoms with E-state index < -0.39 is 0 Å². The first-order valence-corrected chi connectivity index (χ1v) is 9.04. The maximum absolute atomic E-state index is 11.8. The fourth-order valence-corrected chi connectivity index (χ4v) is 4.25. The zero-order valence-electron chi connectivity index (χ0n) is 15.3. The van der Waals surface area contributed by atoms with Crippen LogP contribution in [0.5, 0.6) is 0 Å². The van der Waals surface area contributed by atoms with Crippen molar-refractivity contribution in [2.75, 3.05) is 0 Å². The van der Waals surface area contributed by atoms with Crippen LogP contribution in [0.1, 0.15) is 56.0 Å². The van der Waals surface area contributed by atoms with Gasteiger partial charge in [0.1, 0.15) is 5.78 Å². The van der Waals surface area contributed by atoms with Gasteiger partial charge in [-0.3, -0.25) is 9.59 Å². The summed E-state index contributed by atoms with van der Waals surface area (Å²) >= 11 is 0. The summed E-state index contributed by atoms with van der Waals surface area (Å²) in [4.78, 5) is 23.4. The lowest BCUT2D eigenvalue weighted by Gasteiger charge is -2.32. The summed E-state index contributed by atoms with van der Waals surface area (Å²) in [5.74, 6) is 1.27. The lowest BCUT2D eigenvalue weighted by molar-refractivity contribution is -0.128. The molecule has 2 aromatic rings. The minimum atomic E-state index is 0.0255. The monoisotopic (exact) mass is 334 g/mol. The van der Waals surface area contributed by atoms with Crippen LogP contribution < -0.4 is 0 Å². The smallest absolute Gasteiger partial charge is 0.193 e. The Hall–Kier alpha value is -2.22. The predicted molar refractivity (Wildman–Crippen MR) is 101 cm³/mol. The first-order chi connectivity index (χ1) is 11.9. The van der Waals surface area contributed by atoms with Crippen LogP contribution >= 0.6 is 0 Å². The molecule has 4 rings (SSSR count). The molecule has 25 heavy (non-hydrogen) atoms. The summed E-state index contributed by atoms with van der Waals surface area (Å²) in [5, 5.41) is 0. The summed E-state index contributed by atoms with van der Waals surface area (Å²) in [7, 11) is 0. The van der Waals surface area contributed by atoms with E-state index >= 15 is 0 Å². The van der Waals surface area contributed by atoms with Crippen molar-refractivity contribution in [2.24, 2.45) is 16.7 Å². The van der Waals surface area contributed by atoms with E-state index in [1.807, 2.05) is 60.7 Å². The van der Waals surface area contributed by atoms with Crippen LogP contribution in [0, 0.1) is 16.7 Å². The lowest BCUT2D eigenvalue weighted by Crippen LogP contribution is -2.32. The van der Waals surface area contributed by atoms with Crippen LogP contribution in [0.25, 0.3) is 0 Å². The number of Topliss-reactive ketones (excluding diaryl/α,β-unsaturated/α-hetero) is 1. The molecule has 0 heterocycles. The van der Waals surface area contributed by atoms with Crippen molar-refractivity contribution >= 4 is 11.6 Å². The van der Waals surface area contributed by atoms with E-state index in [1.54, 1.807) is 0 Å². The van der Waals surface area contributed by atoms with Crippen molar-refractivity contribution in [3.63, 3.8) is 0 Å². The van der Waals surface area contributed by atoms with Crippen molar-refractivity contribution < 1.29 is 9.59 Å². The topological polar surface area (TPSA) is 34.1 Å². The fraction of sp³-hybridized carbons (Fsp3) is 0.391. The molecular weight excluding hydrogens is 308 g/mol. The lowest BCUT2D eigenvalue weighted by atomic mass is 9.70. The van der Waals surface area contributed by atoms with Gasteiger partial charge in [0.25, 0.3) is 0 Å². The van der Waals surface area contributed by atoms with E-state index in [0.717, 1.165) is 24.0 Å². The molecule has 2 bridgehead atoms. The van der Waals surface area contributed by atoms with Crippen LogP contribution in [-0.4, -0.2) is 11.6 Å². The second-order valence-electron chi connectivity index (χ2n) is 7.98. The summed E-state index contributed by atoms with van der Waals surface area (Å²) < 4.78 is 0. The Labute approximate surface area is 150 Å². The minimum absolute atomic E-state index is 0.0255. The largest absolute Gasteiger partial charge is 0.299 e. The standard InChI is InChI=1S/C13H10O.C10H16O/c14-13(11-7-3-1-4-8-11)12-9-5-2-6-10-12;1-9(2)7-4-5-10(9,3)8(11)6-7/h1-10H;7H,4-6H2,1-3H3. The molecule has 0 spiro atoms. The van der Waals surface area contributed by atoms with Gasteiger partial charge in [0.2, 0.25) is 0 Å². The van der Waals surface area contributed by atoms with Gasteiger partial charge in [0.05, 0.1) is 0 Å². The van der Waals surface area contributed by atoms with Gasteiger partial charge in [0.15, 0.2) is 5.78 Å². The van der Waals surface area contributed by atoms with Gasteiger partial charge in [0, 0.05) is 23.0 Å². The second kappa shape index (κ2) is 6.59. The number of carbonyl (C=O) groups is 2. The van der Waals surface area contributed by atoms with Crippen molar-refractivity contribution in [1.82, 2.24) is 0 Å². The number of benzene rings is 2. The van der Waals surface area contributed by atoms with Crippen LogP contribution in [0.4, 0.5) is 0 Å². The first-order valence-electron chi connectivity index (χ1n) is 9.04. The molecule has 0 aliphatic heterocycles. The summed E-state index contributed by atoms with van der Waals surface area (Å²) in [6, 6.07) is 18.6. The Kier molecular flexibility index (Phi) is 4.64. The molecule has 2 fully saturated rings. The molecular formula is C23H26O2. The zero-order valence-corrected chi connectivity index (χ0v) is 15.3. The van der Waals surface area contributed by atoms with Crippen molar-refractivity contribution in [3.05, 3.63) is 71.8 Å². The quantitative estimate of drug-likeness (QED) is 0.697. The normalized spacial score (nSPS) is 26.0. The number of fused-ring (bicyclic) bond motifs is 2. The maximum Gasteiger partial charge on any atom is 0.193 e. The molecule has 2 atom stereocenters. The highest BCUT2D eigenvalue weighted by Gasteiger charge is 2.61. The van der Waals surface area contributed by atoms with E-state index in [0.29, 0.717) is 11.7 Å². The predicted octanol–water partition coefficient (Wildman–Crippen LogP) is 5.32. The van der Waals surface area contributed by atoms with Crippen LogP contribution in [0.15, 0.2) is 60.7 Å². The molecule has 2 nitrogen and oxygen atoms in total. The molecule has 2 saturated carbocycles. The van der Waals surface area contributed by atoms with E-state index in [-0.39, 0.29) is 16.6 Å². The summed E-state index contributed by atoms with van der Waals surface area (Å²) in [6.07, 6.45) is 3.25. The second-order valence-corrected chi connectivity index (χ2v) is 7.98. The molecule has 2 aromatic carbocycles. The van der Waals surface area contributed by atoms with Gasteiger partial charge in [-0.05, 0) is 24.2 Å². The van der Waals surface area contributed by atoms with Gasteiger partial charge in [-0.2, -0.15) is 0 Å². The molecule has 2 aliphatic carbocycles. The van der Waals surface area contributed by atoms with Gasteiger partial charge in [-0.1, -0.05) is 81.4 Å². The minimum Gasteiger partial charge on any atom is -0.299 e. The van der Waals surface area contributed by atoms with Crippen molar-refractivity contribution in [2.45, 2.75) is 40.0 Å². The van der Waals surface area contributed by atoms with E-state index in [9.17, 15) is 9.59 Å². The highest BCUT2D eigenvalue weighted by atomic mass is 16.1. The number of hydrogen-bond donors (Lipinski definition) is 0. The van der Waals surface area contributed by atoms with Crippen LogP contribution in [0.3, 0.4) is 0 Å². The van der Waals surface area contributed by atoms with Crippen LogP contribution in [0.2, 0.25) is 0 Å². The average molecular weight is 334 g/mol. The number of rotatable bonds is 2. The van der Waals surface area contributed by atoms with Crippen molar-refractivity contribution in [3.8, 4) is 0 Å². The molecule has 2 unspecified atom stereocenters. The third kappa shape index (κ3) is 3.06. The molecule has 0 radical (unpaired) electrons. The van der Waals surface area contributed by atoms with Crippen molar-refractivity contribution in [1.29, 1.82) is 0 Å². The molecule has 130 valence electrons. The Morgan fingerprint density at radius 2 is 1.36 bits per heavy atom. The molecule has 2 heteroatoms. The highest BCUT2D eigenvalue weighted by Crippen LogP contribution is 2.63. The molecule has 0 N–H and O–H groups in total.